The molecule has 0 aliphatic carbocycles. The topological polar surface area (TPSA) is 21.8 Å². The normalized spacial score (nSPS) is 17.8. The third-order valence-corrected chi connectivity index (χ3v) is 5.50. The van der Waals surface area contributed by atoms with Crippen molar-refractivity contribution in [2.45, 2.75) is 6.92 Å². The quantitative estimate of drug-likeness (QED) is 0.887. The molecule has 4 nitrogen and oxygen atoms in total. The van der Waals surface area contributed by atoms with Gasteiger partial charge in [0.15, 0.2) is 0 Å². The van der Waals surface area contributed by atoms with Crippen LogP contribution >= 0.6 is 11.6 Å². The van der Waals surface area contributed by atoms with E-state index in [1.165, 1.54) is 24.5 Å². The number of anilines is 4. The Balaban J connectivity index is 1.53. The third-order valence-electron chi connectivity index (χ3n) is 5.27. The van der Waals surface area contributed by atoms with Crippen LogP contribution < -0.4 is 10.2 Å². The van der Waals surface area contributed by atoms with Gasteiger partial charge >= 0.3 is 0 Å². The fourth-order valence-corrected chi connectivity index (χ4v) is 3.90. The minimum atomic E-state index is 0.779. The lowest BCUT2D eigenvalue weighted by Gasteiger charge is -2.38. The molecule has 0 unspecified atom stereocenters. The lowest BCUT2D eigenvalue weighted by atomic mass is 10.1. The summed E-state index contributed by atoms with van der Waals surface area (Å²) in [6.45, 7) is 10.1. The maximum absolute atomic E-state index is 6.28. The predicted molar refractivity (Wildman–Crippen MR) is 107 cm³/mol. The first kappa shape index (κ1) is 16.7. The van der Waals surface area contributed by atoms with E-state index in [2.05, 4.69) is 63.3 Å². The summed E-state index contributed by atoms with van der Waals surface area (Å²) in [6.07, 6.45) is 0. The van der Waals surface area contributed by atoms with Gasteiger partial charge in [-0.25, -0.2) is 0 Å². The number of nitrogens with one attached hydrogen (secondary N) is 1. The van der Waals surface area contributed by atoms with Crippen LogP contribution in [0.4, 0.5) is 22.7 Å². The Bertz CT molecular complexity index is 740. The Morgan fingerprint density at radius 3 is 2.40 bits per heavy atom. The van der Waals surface area contributed by atoms with Gasteiger partial charge in [-0.2, -0.15) is 0 Å². The van der Waals surface area contributed by atoms with Crippen molar-refractivity contribution >= 4 is 34.4 Å². The zero-order valence-corrected chi connectivity index (χ0v) is 15.5. The summed E-state index contributed by atoms with van der Waals surface area (Å²) >= 11 is 6.28. The second-order valence-corrected chi connectivity index (χ2v) is 7.17. The Hall–Kier alpha value is -1.75. The zero-order chi connectivity index (χ0) is 17.2. The number of halogens is 1. The second-order valence-electron chi connectivity index (χ2n) is 6.73. The average molecular weight is 357 g/mol. The van der Waals surface area contributed by atoms with E-state index in [9.17, 15) is 0 Å². The SMILES string of the molecule is CCN1CCN(CCN2c3ccccc3Nc3ccc(Cl)cc32)CC1. The van der Waals surface area contributed by atoms with Crippen molar-refractivity contribution in [2.24, 2.45) is 0 Å². The fourth-order valence-electron chi connectivity index (χ4n) is 3.73. The van der Waals surface area contributed by atoms with Crippen LogP contribution in [0.25, 0.3) is 0 Å². The Morgan fingerprint density at radius 2 is 1.60 bits per heavy atom. The molecule has 0 bridgehead atoms. The van der Waals surface area contributed by atoms with Gasteiger partial charge in [0.05, 0.1) is 22.7 Å². The Morgan fingerprint density at radius 1 is 0.880 bits per heavy atom. The summed E-state index contributed by atoms with van der Waals surface area (Å²) in [7, 11) is 0. The standard InChI is InChI=1S/C20H25ClN4/c1-2-23-9-11-24(12-10-23)13-14-25-19-6-4-3-5-17(19)22-18-8-7-16(21)15-20(18)25/h3-8,15,22H,2,9-14H2,1H3. The molecule has 2 heterocycles. The van der Waals surface area contributed by atoms with Gasteiger partial charge in [-0.15, -0.1) is 0 Å². The van der Waals surface area contributed by atoms with Crippen LogP contribution in [-0.4, -0.2) is 55.6 Å². The van der Waals surface area contributed by atoms with Gasteiger partial charge in [-0.3, -0.25) is 4.90 Å². The van der Waals surface area contributed by atoms with E-state index in [1.54, 1.807) is 0 Å². The molecule has 1 saturated heterocycles. The molecule has 2 aromatic rings. The second kappa shape index (κ2) is 7.24. The van der Waals surface area contributed by atoms with E-state index in [0.29, 0.717) is 0 Å². The van der Waals surface area contributed by atoms with E-state index in [0.717, 1.165) is 49.1 Å². The van der Waals surface area contributed by atoms with Gasteiger partial charge in [0.1, 0.15) is 0 Å². The Labute approximate surface area is 155 Å². The number of fused-ring (bicyclic) bond motifs is 2. The molecule has 0 spiro atoms. The molecule has 0 radical (unpaired) electrons. The first-order valence-electron chi connectivity index (χ1n) is 9.12. The maximum Gasteiger partial charge on any atom is 0.0665 e. The van der Waals surface area contributed by atoms with Crippen molar-refractivity contribution in [1.82, 2.24) is 9.80 Å². The summed E-state index contributed by atoms with van der Waals surface area (Å²) in [5.74, 6) is 0. The van der Waals surface area contributed by atoms with Crippen LogP contribution in [-0.2, 0) is 0 Å². The van der Waals surface area contributed by atoms with Crippen LogP contribution in [0.15, 0.2) is 42.5 Å². The highest BCUT2D eigenvalue weighted by Crippen LogP contribution is 2.44. The molecular formula is C20H25ClN4. The van der Waals surface area contributed by atoms with Crippen molar-refractivity contribution in [1.29, 1.82) is 0 Å². The van der Waals surface area contributed by atoms with Crippen molar-refractivity contribution in [3.63, 3.8) is 0 Å². The van der Waals surface area contributed by atoms with Crippen molar-refractivity contribution in [3.8, 4) is 0 Å². The van der Waals surface area contributed by atoms with Gasteiger partial charge in [-0.1, -0.05) is 30.7 Å². The highest BCUT2D eigenvalue weighted by atomic mass is 35.5. The summed E-state index contributed by atoms with van der Waals surface area (Å²) in [6, 6.07) is 14.6. The van der Waals surface area contributed by atoms with Crippen molar-refractivity contribution in [2.75, 3.05) is 56.0 Å². The molecule has 2 aromatic carbocycles. The van der Waals surface area contributed by atoms with Crippen molar-refractivity contribution < 1.29 is 0 Å². The molecule has 0 atom stereocenters. The maximum atomic E-state index is 6.28. The van der Waals surface area contributed by atoms with Crippen LogP contribution in [0.2, 0.25) is 5.02 Å². The molecule has 2 aliphatic heterocycles. The lowest BCUT2D eigenvalue weighted by Crippen LogP contribution is -2.48. The smallest absolute Gasteiger partial charge is 0.0665 e. The highest BCUT2D eigenvalue weighted by molar-refractivity contribution is 6.31. The van der Waals surface area contributed by atoms with Crippen molar-refractivity contribution in [3.05, 3.63) is 47.5 Å². The number of likely N-dealkylation sites (N-methyl/N-ethyl adjacent to an activating group) is 1. The minimum absolute atomic E-state index is 0.779. The van der Waals surface area contributed by atoms with E-state index < -0.39 is 0 Å². The molecule has 0 amide bonds. The first-order valence-corrected chi connectivity index (χ1v) is 9.50. The van der Waals surface area contributed by atoms with Gasteiger partial charge in [-0.05, 0) is 36.9 Å². The summed E-state index contributed by atoms with van der Waals surface area (Å²) in [4.78, 5) is 7.49. The van der Waals surface area contributed by atoms with Gasteiger partial charge in [0.25, 0.3) is 0 Å². The van der Waals surface area contributed by atoms with Gasteiger partial charge in [0, 0.05) is 44.3 Å². The molecule has 25 heavy (non-hydrogen) atoms. The molecular weight excluding hydrogens is 332 g/mol. The lowest BCUT2D eigenvalue weighted by molar-refractivity contribution is 0.140. The summed E-state index contributed by atoms with van der Waals surface area (Å²) in [5.41, 5.74) is 4.68. The number of para-hydroxylation sites is 2. The minimum Gasteiger partial charge on any atom is -0.352 e. The molecule has 5 heteroatoms. The number of rotatable bonds is 4. The summed E-state index contributed by atoms with van der Waals surface area (Å²) < 4.78 is 0. The summed E-state index contributed by atoms with van der Waals surface area (Å²) in [5, 5.41) is 4.31. The van der Waals surface area contributed by atoms with Crippen LogP contribution in [0.5, 0.6) is 0 Å². The van der Waals surface area contributed by atoms with E-state index in [-0.39, 0.29) is 0 Å². The molecule has 0 aromatic heterocycles. The van der Waals surface area contributed by atoms with E-state index in [4.69, 9.17) is 11.6 Å². The third kappa shape index (κ3) is 3.47. The monoisotopic (exact) mass is 356 g/mol. The molecule has 0 saturated carbocycles. The number of hydrogen-bond acceptors (Lipinski definition) is 4. The van der Waals surface area contributed by atoms with Crippen LogP contribution in [0, 0.1) is 0 Å². The zero-order valence-electron chi connectivity index (χ0n) is 14.7. The molecule has 2 aliphatic rings. The molecule has 4 rings (SSSR count). The van der Waals surface area contributed by atoms with E-state index in [1.807, 2.05) is 6.07 Å². The number of hydrogen-bond donors (Lipinski definition) is 1. The van der Waals surface area contributed by atoms with Gasteiger partial charge in [0.2, 0.25) is 0 Å². The largest absolute Gasteiger partial charge is 0.352 e. The number of benzene rings is 2. The predicted octanol–water partition coefficient (Wildman–Crippen LogP) is 4.17. The Kier molecular flexibility index (Phi) is 4.84. The molecule has 1 fully saturated rings. The molecule has 1 N–H and O–H groups in total. The first-order chi connectivity index (χ1) is 12.2. The average Bonchev–Trinajstić information content (AvgIpc) is 2.66. The highest BCUT2D eigenvalue weighted by Gasteiger charge is 2.23. The number of nitrogens with zero attached hydrogens (tertiary/aromatic N) is 3. The van der Waals surface area contributed by atoms with Gasteiger partial charge < -0.3 is 15.1 Å². The molecule has 132 valence electrons. The van der Waals surface area contributed by atoms with Crippen LogP contribution in [0.3, 0.4) is 0 Å². The van der Waals surface area contributed by atoms with Crippen LogP contribution in [0.1, 0.15) is 6.92 Å². The van der Waals surface area contributed by atoms with E-state index >= 15 is 0 Å². The fraction of sp³-hybridized carbons (Fsp3) is 0.400. The number of piperazine rings is 1.